The molecule has 0 aromatic carbocycles. The molecule has 0 N–H and O–H groups in total. The molecule has 0 aliphatic carbocycles. The second-order valence-corrected chi connectivity index (χ2v) is 6.98. The zero-order chi connectivity index (χ0) is 14.4. The van der Waals surface area contributed by atoms with Gasteiger partial charge >= 0.3 is 5.97 Å². The maximum absolute atomic E-state index is 11.7. The number of nitrogens with zero attached hydrogens (tertiary/aromatic N) is 3. The van der Waals surface area contributed by atoms with Gasteiger partial charge < -0.3 is 9.64 Å². The molecule has 2 aliphatic heterocycles. The standard InChI is InChI=1S/C14H26IN3O2/c1-2-20-14(19)13-3-5-16(6-4-13)7-8-17-9-11-18(15)12-10-17/h13H,2-12H2,1H3. The van der Waals surface area contributed by atoms with Crippen molar-refractivity contribution in [1.82, 2.24) is 12.9 Å². The molecule has 20 heavy (non-hydrogen) atoms. The normalized spacial score (nSPS) is 23.9. The number of halogens is 1. The maximum Gasteiger partial charge on any atom is 0.309 e. The van der Waals surface area contributed by atoms with Crippen molar-refractivity contribution in [2.75, 3.05) is 59.0 Å². The highest BCUT2D eigenvalue weighted by molar-refractivity contribution is 14.1. The number of hydrogen-bond donors (Lipinski definition) is 0. The second kappa shape index (κ2) is 8.51. The van der Waals surface area contributed by atoms with Gasteiger partial charge in [-0.1, -0.05) is 0 Å². The van der Waals surface area contributed by atoms with Crippen molar-refractivity contribution in [2.45, 2.75) is 19.8 Å². The van der Waals surface area contributed by atoms with Gasteiger partial charge in [-0.3, -0.25) is 9.69 Å². The highest BCUT2D eigenvalue weighted by Crippen LogP contribution is 2.18. The Kier molecular flexibility index (Phi) is 7.00. The SMILES string of the molecule is CCOC(=O)C1CCN(CCN2CCN(I)CC2)CC1. The summed E-state index contributed by atoms with van der Waals surface area (Å²) in [5, 5.41) is 0. The van der Waals surface area contributed by atoms with E-state index in [9.17, 15) is 4.79 Å². The second-order valence-electron chi connectivity index (χ2n) is 5.62. The fraction of sp³-hybridized carbons (Fsp3) is 0.929. The first-order chi connectivity index (χ1) is 9.69. The molecule has 0 aromatic heterocycles. The van der Waals surface area contributed by atoms with Crippen molar-refractivity contribution in [3.8, 4) is 0 Å². The van der Waals surface area contributed by atoms with Gasteiger partial charge in [0, 0.05) is 62.1 Å². The predicted molar refractivity (Wildman–Crippen MR) is 87.8 cm³/mol. The average Bonchev–Trinajstić information content (AvgIpc) is 2.47. The zero-order valence-electron chi connectivity index (χ0n) is 12.4. The molecule has 2 aliphatic rings. The third-order valence-corrected chi connectivity index (χ3v) is 5.22. The van der Waals surface area contributed by atoms with Crippen LogP contribution in [0, 0.1) is 5.92 Å². The van der Waals surface area contributed by atoms with Crippen LogP contribution in [0.5, 0.6) is 0 Å². The Hall–Kier alpha value is 0.0800. The molecular weight excluding hydrogens is 369 g/mol. The van der Waals surface area contributed by atoms with E-state index in [0.29, 0.717) is 6.61 Å². The summed E-state index contributed by atoms with van der Waals surface area (Å²) in [7, 11) is 0. The quantitative estimate of drug-likeness (QED) is 0.398. The van der Waals surface area contributed by atoms with Gasteiger partial charge in [0.15, 0.2) is 0 Å². The molecule has 0 amide bonds. The van der Waals surface area contributed by atoms with Gasteiger partial charge in [-0.25, -0.2) is 3.11 Å². The Morgan fingerprint density at radius 1 is 1.05 bits per heavy atom. The van der Waals surface area contributed by atoms with E-state index in [4.69, 9.17) is 4.74 Å². The number of piperidine rings is 1. The third-order valence-electron chi connectivity index (χ3n) is 4.26. The molecule has 0 radical (unpaired) electrons. The minimum absolute atomic E-state index is 0.00492. The lowest BCUT2D eigenvalue weighted by molar-refractivity contribution is -0.149. The van der Waals surface area contributed by atoms with Gasteiger partial charge in [-0.05, 0) is 32.9 Å². The van der Waals surface area contributed by atoms with E-state index in [1.54, 1.807) is 0 Å². The summed E-state index contributed by atoms with van der Waals surface area (Å²) in [6.45, 7) is 11.5. The molecule has 2 fully saturated rings. The van der Waals surface area contributed by atoms with E-state index in [-0.39, 0.29) is 11.9 Å². The third kappa shape index (κ3) is 5.13. The van der Waals surface area contributed by atoms with Gasteiger partial charge in [0.25, 0.3) is 0 Å². The van der Waals surface area contributed by atoms with E-state index in [2.05, 4.69) is 35.8 Å². The summed E-state index contributed by atoms with van der Waals surface area (Å²) in [5.74, 6) is 0.138. The summed E-state index contributed by atoms with van der Waals surface area (Å²) in [6.07, 6.45) is 1.92. The molecule has 0 saturated carbocycles. The first-order valence-corrected chi connectivity index (χ1v) is 8.67. The van der Waals surface area contributed by atoms with Crippen molar-refractivity contribution < 1.29 is 9.53 Å². The number of piperazine rings is 1. The average molecular weight is 395 g/mol. The van der Waals surface area contributed by atoms with Crippen molar-refractivity contribution in [3.05, 3.63) is 0 Å². The van der Waals surface area contributed by atoms with Gasteiger partial charge in [-0.2, -0.15) is 0 Å². The van der Waals surface area contributed by atoms with Crippen LogP contribution in [0.3, 0.4) is 0 Å². The predicted octanol–water partition coefficient (Wildman–Crippen LogP) is 1.23. The van der Waals surface area contributed by atoms with Crippen LogP contribution in [0.25, 0.3) is 0 Å². The summed E-state index contributed by atoms with van der Waals surface area (Å²) >= 11 is 2.41. The number of hydrogen-bond acceptors (Lipinski definition) is 5. The van der Waals surface area contributed by atoms with Crippen LogP contribution >= 0.6 is 22.9 Å². The minimum atomic E-state index is 0.00492. The fourth-order valence-corrected chi connectivity index (χ4v) is 3.31. The van der Waals surface area contributed by atoms with Crippen LogP contribution < -0.4 is 0 Å². The zero-order valence-corrected chi connectivity index (χ0v) is 14.5. The smallest absolute Gasteiger partial charge is 0.309 e. The molecule has 116 valence electrons. The number of rotatable bonds is 5. The Morgan fingerprint density at radius 3 is 2.15 bits per heavy atom. The largest absolute Gasteiger partial charge is 0.466 e. The fourth-order valence-electron chi connectivity index (χ4n) is 2.88. The minimum Gasteiger partial charge on any atom is -0.466 e. The van der Waals surface area contributed by atoms with E-state index in [1.807, 2.05) is 6.92 Å². The lowest BCUT2D eigenvalue weighted by atomic mass is 9.97. The van der Waals surface area contributed by atoms with Gasteiger partial charge in [0.2, 0.25) is 0 Å². The number of carbonyl (C=O) groups is 1. The monoisotopic (exact) mass is 395 g/mol. The molecule has 2 heterocycles. The van der Waals surface area contributed by atoms with E-state index < -0.39 is 0 Å². The van der Waals surface area contributed by atoms with Crippen LogP contribution in [0.15, 0.2) is 0 Å². The highest BCUT2D eigenvalue weighted by Gasteiger charge is 2.26. The molecule has 0 atom stereocenters. The summed E-state index contributed by atoms with van der Waals surface area (Å²) in [5.41, 5.74) is 0. The van der Waals surface area contributed by atoms with Gasteiger partial charge in [0.1, 0.15) is 0 Å². The Balaban J connectivity index is 1.61. The molecule has 0 bridgehead atoms. The van der Waals surface area contributed by atoms with E-state index in [1.165, 1.54) is 26.2 Å². The molecule has 6 heteroatoms. The molecule has 2 rings (SSSR count). The topological polar surface area (TPSA) is 36.0 Å². The Morgan fingerprint density at radius 2 is 1.60 bits per heavy atom. The van der Waals surface area contributed by atoms with Crippen molar-refractivity contribution in [1.29, 1.82) is 0 Å². The lowest BCUT2D eigenvalue weighted by Crippen LogP contribution is -2.46. The Labute approximate surface area is 136 Å². The van der Waals surface area contributed by atoms with Crippen molar-refractivity contribution in [2.24, 2.45) is 5.92 Å². The molecule has 5 nitrogen and oxygen atoms in total. The molecule has 0 unspecified atom stereocenters. The van der Waals surface area contributed by atoms with Crippen LogP contribution in [-0.4, -0.2) is 77.8 Å². The number of ether oxygens (including phenoxy) is 1. The highest BCUT2D eigenvalue weighted by atomic mass is 127. The number of carbonyl (C=O) groups excluding carboxylic acids is 1. The maximum atomic E-state index is 11.7. The first-order valence-electron chi connectivity index (χ1n) is 7.71. The first kappa shape index (κ1) is 16.5. The van der Waals surface area contributed by atoms with E-state index in [0.717, 1.165) is 39.0 Å². The summed E-state index contributed by atoms with van der Waals surface area (Å²) < 4.78 is 7.47. The van der Waals surface area contributed by atoms with Crippen LogP contribution in [0.2, 0.25) is 0 Å². The van der Waals surface area contributed by atoms with Crippen molar-refractivity contribution in [3.63, 3.8) is 0 Å². The number of esters is 1. The van der Waals surface area contributed by atoms with Crippen LogP contribution in [0.1, 0.15) is 19.8 Å². The van der Waals surface area contributed by atoms with Crippen LogP contribution in [-0.2, 0) is 9.53 Å². The summed E-state index contributed by atoms with van der Waals surface area (Å²) in [6, 6.07) is 0. The molecule has 0 aromatic rings. The lowest BCUT2D eigenvalue weighted by Gasteiger charge is -2.35. The Bertz CT molecular complexity index is 301. The van der Waals surface area contributed by atoms with Crippen LogP contribution in [0.4, 0.5) is 0 Å². The summed E-state index contributed by atoms with van der Waals surface area (Å²) in [4.78, 5) is 16.7. The molecule has 2 saturated heterocycles. The van der Waals surface area contributed by atoms with Gasteiger partial charge in [0.05, 0.1) is 12.5 Å². The van der Waals surface area contributed by atoms with Crippen molar-refractivity contribution >= 4 is 28.8 Å². The molecular formula is C14H26IN3O2. The number of likely N-dealkylation sites (tertiary alicyclic amines) is 1. The molecule has 0 spiro atoms. The van der Waals surface area contributed by atoms with Gasteiger partial charge in [-0.15, -0.1) is 0 Å². The van der Waals surface area contributed by atoms with E-state index >= 15 is 0 Å².